The quantitative estimate of drug-likeness (QED) is 0.763. The molecule has 0 aliphatic heterocycles. The van der Waals surface area contributed by atoms with Gasteiger partial charge in [-0.15, -0.1) is 0 Å². The number of aliphatic carboxylic acids is 1. The maximum Gasteiger partial charge on any atom is 0.323 e. The average Bonchev–Trinajstić information content (AvgIpc) is 2.36. The number of likely N-dealkylation sites (N-methyl/N-ethyl adjacent to an activating group) is 1. The molecule has 1 rings (SSSR count). The molecule has 0 atom stereocenters. The third kappa shape index (κ3) is 5.52. The highest BCUT2D eigenvalue weighted by atomic mass is 16.4. The molecule has 0 spiro atoms. The highest BCUT2D eigenvalue weighted by molar-refractivity contribution is 5.96. The Bertz CT molecular complexity index is 526. The molecular weight excluding hydrogens is 274 g/mol. The fourth-order valence-corrected chi connectivity index (χ4v) is 1.62. The second-order valence-corrected chi connectivity index (χ2v) is 4.89. The number of hydrogen-bond donors (Lipinski definition) is 3. The van der Waals surface area contributed by atoms with E-state index in [1.807, 2.05) is 13.8 Å². The lowest BCUT2D eigenvalue weighted by Crippen LogP contribution is -2.34. The fourth-order valence-electron chi connectivity index (χ4n) is 1.62. The first kappa shape index (κ1) is 16.5. The Morgan fingerprint density at radius 1 is 1.19 bits per heavy atom. The van der Waals surface area contributed by atoms with Crippen molar-refractivity contribution < 1.29 is 19.5 Å². The lowest BCUT2D eigenvalue weighted by molar-refractivity contribution is -0.137. The zero-order chi connectivity index (χ0) is 16.0. The van der Waals surface area contributed by atoms with E-state index in [2.05, 4.69) is 10.6 Å². The summed E-state index contributed by atoms with van der Waals surface area (Å²) in [7, 11) is 1.42. The van der Waals surface area contributed by atoms with Gasteiger partial charge in [0.1, 0.15) is 6.54 Å². The fraction of sp³-hybridized carbons (Fsp3) is 0.357. The molecule has 0 bridgehead atoms. The van der Waals surface area contributed by atoms with Crippen LogP contribution in [0.15, 0.2) is 24.3 Å². The molecule has 3 N–H and O–H groups in total. The Balaban J connectivity index is 2.67. The molecule has 0 aliphatic carbocycles. The summed E-state index contributed by atoms with van der Waals surface area (Å²) in [4.78, 5) is 35.1. The van der Waals surface area contributed by atoms with Crippen molar-refractivity contribution in [1.29, 1.82) is 0 Å². The predicted octanol–water partition coefficient (Wildman–Crippen LogP) is 1.37. The smallest absolute Gasteiger partial charge is 0.323 e. The van der Waals surface area contributed by atoms with Crippen LogP contribution in [0.2, 0.25) is 0 Å². The van der Waals surface area contributed by atoms with Crippen molar-refractivity contribution in [2.45, 2.75) is 19.9 Å². The predicted molar refractivity (Wildman–Crippen MR) is 78.3 cm³/mol. The summed E-state index contributed by atoms with van der Waals surface area (Å²) in [6, 6.07) is 5.93. The molecule has 3 amide bonds. The van der Waals surface area contributed by atoms with Crippen molar-refractivity contribution in [2.75, 3.05) is 18.9 Å². The van der Waals surface area contributed by atoms with E-state index in [0.29, 0.717) is 11.3 Å². The second-order valence-electron chi connectivity index (χ2n) is 4.89. The summed E-state index contributed by atoms with van der Waals surface area (Å²) in [5, 5.41) is 14.0. The van der Waals surface area contributed by atoms with Crippen molar-refractivity contribution in [3.8, 4) is 0 Å². The number of benzene rings is 1. The number of nitrogens with one attached hydrogen (secondary N) is 2. The first-order valence-corrected chi connectivity index (χ1v) is 6.44. The number of carboxylic acids is 1. The molecule has 7 heteroatoms. The normalized spacial score (nSPS) is 10.1. The van der Waals surface area contributed by atoms with Gasteiger partial charge in [-0.2, -0.15) is 0 Å². The molecule has 0 heterocycles. The van der Waals surface area contributed by atoms with Crippen LogP contribution in [0, 0.1) is 0 Å². The molecule has 114 valence electrons. The average molecular weight is 293 g/mol. The third-order valence-corrected chi connectivity index (χ3v) is 2.53. The van der Waals surface area contributed by atoms with Gasteiger partial charge in [-0.05, 0) is 38.1 Å². The zero-order valence-corrected chi connectivity index (χ0v) is 12.2. The lowest BCUT2D eigenvalue weighted by Gasteiger charge is -2.15. The van der Waals surface area contributed by atoms with Crippen molar-refractivity contribution in [3.63, 3.8) is 0 Å². The second kappa shape index (κ2) is 7.28. The van der Waals surface area contributed by atoms with Crippen LogP contribution in [-0.4, -0.2) is 47.5 Å². The zero-order valence-electron chi connectivity index (χ0n) is 12.2. The Labute approximate surface area is 122 Å². The SMILES string of the molecule is CC(C)NC(=O)Nc1ccc(C(=O)N(C)CC(=O)O)cc1. The minimum Gasteiger partial charge on any atom is -0.480 e. The maximum absolute atomic E-state index is 11.9. The van der Waals surface area contributed by atoms with Gasteiger partial charge >= 0.3 is 12.0 Å². The van der Waals surface area contributed by atoms with Gasteiger partial charge in [-0.1, -0.05) is 0 Å². The van der Waals surface area contributed by atoms with Gasteiger partial charge in [0.15, 0.2) is 0 Å². The van der Waals surface area contributed by atoms with E-state index >= 15 is 0 Å². The van der Waals surface area contributed by atoms with Crippen LogP contribution in [-0.2, 0) is 4.79 Å². The topological polar surface area (TPSA) is 98.7 Å². The number of urea groups is 1. The van der Waals surface area contributed by atoms with E-state index in [4.69, 9.17) is 5.11 Å². The number of anilines is 1. The molecule has 0 fully saturated rings. The van der Waals surface area contributed by atoms with Gasteiger partial charge in [0.05, 0.1) is 0 Å². The molecule has 0 unspecified atom stereocenters. The van der Waals surface area contributed by atoms with Gasteiger partial charge in [0.25, 0.3) is 5.91 Å². The van der Waals surface area contributed by atoms with Crippen LogP contribution < -0.4 is 10.6 Å². The molecule has 1 aromatic carbocycles. The Hall–Kier alpha value is -2.57. The summed E-state index contributed by atoms with van der Waals surface area (Å²) in [6.45, 7) is 3.33. The molecule has 0 radical (unpaired) electrons. The highest BCUT2D eigenvalue weighted by Crippen LogP contribution is 2.11. The summed E-state index contributed by atoms with van der Waals surface area (Å²) < 4.78 is 0. The first-order valence-electron chi connectivity index (χ1n) is 6.44. The molecule has 1 aromatic rings. The lowest BCUT2D eigenvalue weighted by atomic mass is 10.2. The highest BCUT2D eigenvalue weighted by Gasteiger charge is 2.14. The molecule has 7 nitrogen and oxygen atoms in total. The number of nitrogens with zero attached hydrogens (tertiary/aromatic N) is 1. The standard InChI is InChI=1S/C14H19N3O4/c1-9(2)15-14(21)16-11-6-4-10(5-7-11)13(20)17(3)8-12(18)19/h4-7,9H,8H2,1-3H3,(H,18,19)(H2,15,16,21). The number of hydrogen-bond acceptors (Lipinski definition) is 3. The summed E-state index contributed by atoms with van der Waals surface area (Å²) in [5.41, 5.74) is 0.902. The monoisotopic (exact) mass is 293 g/mol. The van der Waals surface area contributed by atoms with Crippen molar-refractivity contribution in [3.05, 3.63) is 29.8 Å². The summed E-state index contributed by atoms with van der Waals surface area (Å²) in [6.07, 6.45) is 0. The van der Waals surface area contributed by atoms with Gasteiger partial charge in [0.2, 0.25) is 0 Å². The van der Waals surface area contributed by atoms with Gasteiger partial charge in [0, 0.05) is 24.3 Å². The van der Waals surface area contributed by atoms with Crippen LogP contribution in [0.3, 0.4) is 0 Å². The van der Waals surface area contributed by atoms with Gasteiger partial charge in [-0.25, -0.2) is 4.79 Å². The van der Waals surface area contributed by atoms with E-state index < -0.39 is 11.9 Å². The number of amides is 3. The van der Waals surface area contributed by atoms with E-state index in [1.54, 1.807) is 12.1 Å². The van der Waals surface area contributed by atoms with Crippen molar-refractivity contribution >= 4 is 23.6 Å². The molecule has 0 aliphatic rings. The largest absolute Gasteiger partial charge is 0.480 e. The molecule has 0 aromatic heterocycles. The molecule has 21 heavy (non-hydrogen) atoms. The van der Waals surface area contributed by atoms with E-state index in [0.717, 1.165) is 4.90 Å². The number of carboxylic acid groups (broad SMARTS) is 1. The number of carbonyl (C=O) groups is 3. The van der Waals surface area contributed by atoms with E-state index in [9.17, 15) is 14.4 Å². The maximum atomic E-state index is 11.9. The van der Waals surface area contributed by atoms with Crippen LogP contribution in [0.5, 0.6) is 0 Å². The van der Waals surface area contributed by atoms with Crippen LogP contribution in [0.1, 0.15) is 24.2 Å². The third-order valence-electron chi connectivity index (χ3n) is 2.53. The van der Waals surface area contributed by atoms with Crippen LogP contribution >= 0.6 is 0 Å². The minimum absolute atomic E-state index is 0.0236. The van der Waals surface area contributed by atoms with Gasteiger partial charge < -0.3 is 20.6 Å². The Kier molecular flexibility index (Phi) is 5.71. The summed E-state index contributed by atoms with van der Waals surface area (Å²) in [5.74, 6) is -1.47. The van der Waals surface area contributed by atoms with Crippen LogP contribution in [0.4, 0.5) is 10.5 Å². The van der Waals surface area contributed by atoms with Crippen molar-refractivity contribution in [1.82, 2.24) is 10.2 Å². The molecule has 0 saturated heterocycles. The van der Waals surface area contributed by atoms with E-state index in [1.165, 1.54) is 19.2 Å². The first-order chi connectivity index (χ1) is 9.79. The van der Waals surface area contributed by atoms with Gasteiger partial charge in [-0.3, -0.25) is 9.59 Å². The van der Waals surface area contributed by atoms with Crippen molar-refractivity contribution in [2.24, 2.45) is 0 Å². The minimum atomic E-state index is -1.07. The Morgan fingerprint density at radius 3 is 2.24 bits per heavy atom. The number of carbonyl (C=O) groups excluding carboxylic acids is 2. The Morgan fingerprint density at radius 2 is 1.76 bits per heavy atom. The summed E-state index contributed by atoms with van der Waals surface area (Å²) >= 11 is 0. The van der Waals surface area contributed by atoms with E-state index in [-0.39, 0.29) is 18.6 Å². The number of rotatable bonds is 5. The van der Waals surface area contributed by atoms with Crippen LogP contribution in [0.25, 0.3) is 0 Å². The molecule has 0 saturated carbocycles. The molecular formula is C14H19N3O4.